The Balaban J connectivity index is 1.90. The van der Waals surface area contributed by atoms with Gasteiger partial charge in [-0.15, -0.1) is 6.42 Å². The van der Waals surface area contributed by atoms with E-state index in [1.807, 2.05) is 0 Å². The number of anilines is 1. The molecule has 5 atom stereocenters. The van der Waals surface area contributed by atoms with Crippen molar-refractivity contribution in [3.8, 4) is 12.3 Å². The van der Waals surface area contributed by atoms with Crippen molar-refractivity contribution < 1.29 is 28.4 Å². The quantitative estimate of drug-likeness (QED) is 0.680. The van der Waals surface area contributed by atoms with Crippen molar-refractivity contribution in [3.05, 3.63) is 12.7 Å². The molecule has 2 saturated heterocycles. The lowest BCUT2D eigenvalue weighted by atomic mass is 9.87. The number of fused-ring (bicyclic) bond motifs is 2. The Hall–Kier alpha value is -2.36. The van der Waals surface area contributed by atoms with E-state index in [1.165, 1.54) is 24.3 Å². The number of imidazole rings is 1. The summed E-state index contributed by atoms with van der Waals surface area (Å²) < 4.78 is 37.6. The third-order valence-electron chi connectivity index (χ3n) is 4.67. The molecule has 26 heavy (non-hydrogen) atoms. The number of aromatic nitrogens is 4. The standard InChI is InChI=1S/C15H16FN5O5/c1-3-15-11(24-13(23-2)26-15)14(4-16,5-22)25-12(15)21-7-20-8-9(17)18-6-19-10(8)21/h1,6-7,11-13,22H,4-5H2,2H3,(H2,17,18,19)/t11-,12-,13?,14-,15-/m1/s1. The second-order valence-electron chi connectivity index (χ2n) is 6.01. The van der Waals surface area contributed by atoms with Crippen LogP contribution in [0.3, 0.4) is 0 Å². The number of ether oxygens (including phenoxy) is 4. The van der Waals surface area contributed by atoms with Crippen LogP contribution in [0.2, 0.25) is 0 Å². The maximum absolute atomic E-state index is 13.9. The summed E-state index contributed by atoms with van der Waals surface area (Å²) in [4.78, 5) is 12.2. The number of nitrogens with two attached hydrogens (primary N) is 1. The first kappa shape index (κ1) is 17.1. The van der Waals surface area contributed by atoms with Gasteiger partial charge in [-0.05, 0) is 0 Å². The smallest absolute Gasteiger partial charge is 0.273 e. The second-order valence-corrected chi connectivity index (χ2v) is 6.01. The molecule has 1 unspecified atom stereocenters. The molecular weight excluding hydrogens is 349 g/mol. The predicted molar refractivity (Wildman–Crippen MR) is 84.0 cm³/mol. The van der Waals surface area contributed by atoms with Crippen LogP contribution in [0, 0.1) is 12.3 Å². The van der Waals surface area contributed by atoms with Crippen LogP contribution in [-0.4, -0.2) is 68.8 Å². The third kappa shape index (κ3) is 2.01. The van der Waals surface area contributed by atoms with Gasteiger partial charge in [0.1, 0.15) is 24.6 Å². The minimum atomic E-state index is -1.74. The first-order valence-electron chi connectivity index (χ1n) is 7.66. The maximum atomic E-state index is 13.9. The summed E-state index contributed by atoms with van der Waals surface area (Å²) in [7, 11) is 1.35. The summed E-state index contributed by atoms with van der Waals surface area (Å²) in [5, 5.41) is 9.82. The molecule has 0 saturated carbocycles. The molecule has 138 valence electrons. The van der Waals surface area contributed by atoms with Gasteiger partial charge in [0.25, 0.3) is 6.48 Å². The van der Waals surface area contributed by atoms with E-state index in [1.54, 1.807) is 0 Å². The Labute approximate surface area is 147 Å². The van der Waals surface area contributed by atoms with Crippen LogP contribution in [0.5, 0.6) is 0 Å². The molecule has 4 rings (SSSR count). The first-order chi connectivity index (χ1) is 12.5. The lowest BCUT2D eigenvalue weighted by Crippen LogP contribution is -2.51. The summed E-state index contributed by atoms with van der Waals surface area (Å²) in [6.45, 7) is -2.88. The van der Waals surface area contributed by atoms with E-state index < -0.39 is 43.3 Å². The Bertz CT molecular complexity index is 881. The molecule has 2 aromatic rings. The van der Waals surface area contributed by atoms with Gasteiger partial charge < -0.3 is 29.8 Å². The number of methoxy groups -OCH3 is 1. The molecule has 2 aromatic heterocycles. The van der Waals surface area contributed by atoms with E-state index in [9.17, 15) is 9.50 Å². The number of alkyl halides is 1. The summed E-state index contributed by atoms with van der Waals surface area (Å²) in [6.07, 6.45) is 6.15. The van der Waals surface area contributed by atoms with Gasteiger partial charge in [-0.25, -0.2) is 19.3 Å². The lowest BCUT2D eigenvalue weighted by Gasteiger charge is -2.28. The molecule has 0 radical (unpaired) electrons. The largest absolute Gasteiger partial charge is 0.393 e. The number of nitrogen functional groups attached to an aromatic ring is 1. The van der Waals surface area contributed by atoms with Gasteiger partial charge in [-0.1, -0.05) is 5.92 Å². The minimum absolute atomic E-state index is 0.162. The average molecular weight is 365 g/mol. The maximum Gasteiger partial charge on any atom is 0.273 e. The first-order valence-corrected chi connectivity index (χ1v) is 7.66. The summed E-state index contributed by atoms with van der Waals surface area (Å²) >= 11 is 0. The van der Waals surface area contributed by atoms with E-state index in [0.717, 1.165) is 0 Å². The van der Waals surface area contributed by atoms with Crippen molar-refractivity contribution in [1.29, 1.82) is 0 Å². The van der Waals surface area contributed by atoms with E-state index in [-0.39, 0.29) is 5.82 Å². The van der Waals surface area contributed by atoms with Crippen molar-refractivity contribution >= 4 is 17.0 Å². The van der Waals surface area contributed by atoms with Crippen molar-refractivity contribution in [1.82, 2.24) is 19.5 Å². The molecule has 2 aliphatic rings. The van der Waals surface area contributed by atoms with Crippen LogP contribution in [0.15, 0.2) is 12.7 Å². The predicted octanol–water partition coefficient (Wildman–Crippen LogP) is -0.645. The van der Waals surface area contributed by atoms with Gasteiger partial charge in [0.05, 0.1) is 12.9 Å². The third-order valence-corrected chi connectivity index (χ3v) is 4.67. The summed E-state index contributed by atoms with van der Waals surface area (Å²) in [5.74, 6) is 2.65. The van der Waals surface area contributed by atoms with Crippen LogP contribution in [0.4, 0.5) is 10.2 Å². The van der Waals surface area contributed by atoms with Crippen LogP contribution >= 0.6 is 0 Å². The normalized spacial score (nSPS) is 36.3. The Morgan fingerprint density at radius 2 is 2.27 bits per heavy atom. The van der Waals surface area contributed by atoms with Crippen LogP contribution in [0.1, 0.15) is 6.23 Å². The fourth-order valence-electron chi connectivity index (χ4n) is 3.39. The van der Waals surface area contributed by atoms with Gasteiger partial charge in [-0.2, -0.15) is 0 Å². The van der Waals surface area contributed by atoms with Gasteiger partial charge in [0, 0.05) is 7.11 Å². The van der Waals surface area contributed by atoms with Crippen LogP contribution < -0.4 is 5.73 Å². The number of aliphatic hydroxyl groups excluding tert-OH is 1. The lowest BCUT2D eigenvalue weighted by molar-refractivity contribution is -0.278. The van der Waals surface area contributed by atoms with Crippen molar-refractivity contribution in [2.45, 2.75) is 30.0 Å². The molecule has 2 fully saturated rings. The molecule has 0 aromatic carbocycles. The van der Waals surface area contributed by atoms with E-state index in [2.05, 4.69) is 20.9 Å². The highest BCUT2D eigenvalue weighted by atomic mass is 19.1. The molecule has 10 nitrogen and oxygen atoms in total. The summed E-state index contributed by atoms with van der Waals surface area (Å²) in [5.41, 5.74) is 3.12. The molecule has 0 aliphatic carbocycles. The van der Waals surface area contributed by atoms with Gasteiger partial charge in [-0.3, -0.25) is 4.57 Å². The Kier molecular flexibility index (Phi) is 3.83. The number of terminal acetylenes is 1. The molecular formula is C15H16FN5O5. The average Bonchev–Trinajstić information content (AvgIpc) is 3.32. The monoisotopic (exact) mass is 365 g/mol. The fourth-order valence-corrected chi connectivity index (χ4v) is 3.39. The molecule has 11 heteroatoms. The highest BCUT2D eigenvalue weighted by molar-refractivity contribution is 5.81. The minimum Gasteiger partial charge on any atom is -0.393 e. The van der Waals surface area contributed by atoms with E-state index >= 15 is 0 Å². The van der Waals surface area contributed by atoms with E-state index in [4.69, 9.17) is 31.1 Å². The highest BCUT2D eigenvalue weighted by Crippen LogP contribution is 2.53. The number of nitrogens with zero attached hydrogens (tertiary/aromatic N) is 4. The molecule has 0 spiro atoms. The number of hydrogen-bond acceptors (Lipinski definition) is 9. The molecule has 0 bridgehead atoms. The molecule has 3 N–H and O–H groups in total. The number of halogens is 1. The zero-order chi connectivity index (χ0) is 18.5. The van der Waals surface area contributed by atoms with Crippen molar-refractivity contribution in [2.75, 3.05) is 26.1 Å². The number of rotatable bonds is 4. The van der Waals surface area contributed by atoms with Crippen LogP contribution in [-0.2, 0) is 18.9 Å². The zero-order valence-corrected chi connectivity index (χ0v) is 13.7. The zero-order valence-electron chi connectivity index (χ0n) is 13.7. The van der Waals surface area contributed by atoms with Crippen LogP contribution in [0.25, 0.3) is 11.2 Å². The van der Waals surface area contributed by atoms with Gasteiger partial charge in [0.2, 0.25) is 5.60 Å². The number of hydrogen-bond donors (Lipinski definition) is 2. The molecule has 0 amide bonds. The Morgan fingerprint density at radius 3 is 2.92 bits per heavy atom. The van der Waals surface area contributed by atoms with E-state index in [0.29, 0.717) is 11.2 Å². The van der Waals surface area contributed by atoms with Gasteiger partial charge in [0.15, 0.2) is 23.3 Å². The second kappa shape index (κ2) is 5.83. The number of aliphatic hydroxyl groups is 1. The van der Waals surface area contributed by atoms with Crippen molar-refractivity contribution in [3.63, 3.8) is 0 Å². The highest BCUT2D eigenvalue weighted by Gasteiger charge is 2.71. The topological polar surface area (TPSA) is 127 Å². The van der Waals surface area contributed by atoms with Gasteiger partial charge >= 0.3 is 0 Å². The van der Waals surface area contributed by atoms with Crippen molar-refractivity contribution in [2.24, 2.45) is 0 Å². The Morgan fingerprint density at radius 1 is 1.46 bits per heavy atom. The molecule has 2 aliphatic heterocycles. The summed E-state index contributed by atoms with van der Waals surface area (Å²) in [6, 6.07) is 0. The SMILES string of the molecule is C#C[C@@]12OC(OC)O[C@@H]1[C@](CO)(CF)O[C@H]2n1cnc2c(N)ncnc21. The molecule has 4 heterocycles. The fraction of sp³-hybridized carbons (Fsp3) is 0.533.